The Hall–Kier alpha value is -1.53. The molecule has 0 aliphatic carbocycles. The molecule has 24 heavy (non-hydrogen) atoms. The monoisotopic (exact) mass is 334 g/mol. The molecule has 1 heterocycles. The molecule has 0 amide bonds. The van der Waals surface area contributed by atoms with Crippen LogP contribution in [0.2, 0.25) is 0 Å². The number of ether oxygens (including phenoxy) is 4. The molecule has 132 valence electrons. The molecule has 0 bridgehead atoms. The highest BCUT2D eigenvalue weighted by Gasteiger charge is 2.45. The van der Waals surface area contributed by atoms with Crippen LogP contribution in [0.25, 0.3) is 0 Å². The molecule has 0 N–H and O–H groups in total. The van der Waals surface area contributed by atoms with Gasteiger partial charge in [-0.25, -0.2) is 0 Å². The molecule has 0 radical (unpaired) electrons. The summed E-state index contributed by atoms with van der Waals surface area (Å²) in [7, 11) is 1.59. The molecule has 1 aromatic carbocycles. The Morgan fingerprint density at radius 1 is 1.25 bits per heavy atom. The van der Waals surface area contributed by atoms with E-state index in [0.29, 0.717) is 6.61 Å². The van der Waals surface area contributed by atoms with Gasteiger partial charge < -0.3 is 18.9 Å². The molecule has 0 aromatic heterocycles. The van der Waals surface area contributed by atoms with Crippen molar-refractivity contribution in [3.8, 4) is 0 Å². The maximum Gasteiger partial charge on any atom is 0.163 e. The van der Waals surface area contributed by atoms with E-state index in [1.165, 1.54) is 6.08 Å². The minimum absolute atomic E-state index is 0.150. The molecule has 4 atom stereocenters. The minimum atomic E-state index is -0.675. The van der Waals surface area contributed by atoms with E-state index < -0.39 is 18.0 Å². The summed E-state index contributed by atoms with van der Waals surface area (Å²) in [5.74, 6) is -0.675. The lowest BCUT2D eigenvalue weighted by Crippen LogP contribution is -2.44. The molecule has 0 unspecified atom stereocenters. The highest BCUT2D eigenvalue weighted by atomic mass is 16.8. The number of rotatable bonds is 8. The molecule has 1 saturated heterocycles. The smallest absolute Gasteiger partial charge is 0.163 e. The molecular formula is C19H26O5. The fourth-order valence-corrected chi connectivity index (χ4v) is 2.92. The molecule has 1 aromatic rings. The van der Waals surface area contributed by atoms with Crippen molar-refractivity contribution >= 4 is 6.29 Å². The van der Waals surface area contributed by atoms with Crippen molar-refractivity contribution in [2.45, 2.75) is 57.6 Å². The van der Waals surface area contributed by atoms with Crippen LogP contribution < -0.4 is 0 Å². The highest BCUT2D eigenvalue weighted by Crippen LogP contribution is 2.32. The molecule has 5 heteroatoms. The second kappa shape index (κ2) is 8.53. The van der Waals surface area contributed by atoms with Gasteiger partial charge in [0.1, 0.15) is 24.6 Å². The van der Waals surface area contributed by atoms with Crippen LogP contribution in [-0.2, 0) is 30.3 Å². The van der Waals surface area contributed by atoms with Gasteiger partial charge in [-0.3, -0.25) is 4.79 Å². The van der Waals surface area contributed by atoms with Crippen LogP contribution in [0.5, 0.6) is 0 Å². The van der Waals surface area contributed by atoms with Crippen molar-refractivity contribution in [2.24, 2.45) is 0 Å². The minimum Gasteiger partial charge on any atom is -0.375 e. The zero-order chi connectivity index (χ0) is 17.6. The fraction of sp³-hybridized carbons (Fsp3) is 0.526. The number of aldehydes is 1. The van der Waals surface area contributed by atoms with Gasteiger partial charge in [0.2, 0.25) is 0 Å². The SMILES string of the molecule is CO[C@@H](/C=C/C=O)[C@@H](OCc1ccccc1)[C@H]1OC(C)(C)O[C@@H]1C. The summed E-state index contributed by atoms with van der Waals surface area (Å²) < 4.78 is 23.5. The summed E-state index contributed by atoms with van der Waals surface area (Å²) in [6, 6.07) is 9.90. The Bertz CT molecular complexity index is 540. The number of hydrogen-bond acceptors (Lipinski definition) is 5. The van der Waals surface area contributed by atoms with Gasteiger partial charge in [-0.2, -0.15) is 0 Å². The Morgan fingerprint density at radius 2 is 1.96 bits per heavy atom. The maximum absolute atomic E-state index is 10.7. The van der Waals surface area contributed by atoms with Gasteiger partial charge in [0.15, 0.2) is 5.79 Å². The quantitative estimate of drug-likeness (QED) is 0.540. The lowest BCUT2D eigenvalue weighted by Gasteiger charge is -2.30. The van der Waals surface area contributed by atoms with Crippen molar-refractivity contribution in [3.63, 3.8) is 0 Å². The number of carbonyl (C=O) groups is 1. The standard InChI is InChI=1S/C19H26O5/c1-14-17(24-19(2,3)23-14)18(16(21-4)11-8-12-20)22-13-15-9-6-5-7-10-15/h5-12,14,16-18H,13H2,1-4H3/b11-8+/t14-,16+,17+,18-/m1/s1. The summed E-state index contributed by atoms with van der Waals surface area (Å²) in [6.07, 6.45) is 2.56. The molecular weight excluding hydrogens is 308 g/mol. The highest BCUT2D eigenvalue weighted by molar-refractivity contribution is 5.64. The van der Waals surface area contributed by atoms with Gasteiger partial charge in [0.05, 0.1) is 12.7 Å². The normalized spacial score (nSPS) is 25.7. The van der Waals surface area contributed by atoms with E-state index in [4.69, 9.17) is 18.9 Å². The van der Waals surface area contributed by atoms with Crippen molar-refractivity contribution in [1.82, 2.24) is 0 Å². The zero-order valence-electron chi connectivity index (χ0n) is 14.7. The van der Waals surface area contributed by atoms with Crippen LogP contribution in [0.1, 0.15) is 26.3 Å². The van der Waals surface area contributed by atoms with Gasteiger partial charge in [-0.15, -0.1) is 0 Å². The zero-order valence-corrected chi connectivity index (χ0v) is 14.7. The number of methoxy groups -OCH3 is 1. The second-order valence-electron chi connectivity index (χ2n) is 6.29. The van der Waals surface area contributed by atoms with E-state index >= 15 is 0 Å². The summed E-state index contributed by atoms with van der Waals surface area (Å²) in [5, 5.41) is 0. The van der Waals surface area contributed by atoms with Gasteiger partial charge in [-0.05, 0) is 38.5 Å². The Kier molecular flexibility index (Phi) is 6.69. The van der Waals surface area contributed by atoms with Crippen LogP contribution in [0.3, 0.4) is 0 Å². The van der Waals surface area contributed by atoms with Gasteiger partial charge in [0.25, 0.3) is 0 Å². The lowest BCUT2D eigenvalue weighted by molar-refractivity contribution is -0.170. The number of carbonyl (C=O) groups excluding carboxylic acids is 1. The van der Waals surface area contributed by atoms with E-state index in [9.17, 15) is 4.79 Å². The Balaban J connectivity index is 2.17. The summed E-state index contributed by atoms with van der Waals surface area (Å²) in [4.78, 5) is 10.7. The first kappa shape index (κ1) is 18.8. The molecule has 1 aliphatic heterocycles. The fourth-order valence-electron chi connectivity index (χ4n) is 2.92. The van der Waals surface area contributed by atoms with Gasteiger partial charge >= 0.3 is 0 Å². The van der Waals surface area contributed by atoms with Crippen LogP contribution in [0, 0.1) is 0 Å². The van der Waals surface area contributed by atoms with Crippen molar-refractivity contribution in [3.05, 3.63) is 48.0 Å². The van der Waals surface area contributed by atoms with Gasteiger partial charge in [0, 0.05) is 7.11 Å². The van der Waals surface area contributed by atoms with E-state index in [1.54, 1.807) is 13.2 Å². The summed E-state index contributed by atoms with van der Waals surface area (Å²) in [5.41, 5.74) is 1.06. The molecule has 0 spiro atoms. The summed E-state index contributed by atoms with van der Waals surface area (Å²) in [6.45, 7) is 6.13. The number of benzene rings is 1. The Labute approximate surface area is 143 Å². The van der Waals surface area contributed by atoms with E-state index in [1.807, 2.05) is 51.1 Å². The second-order valence-corrected chi connectivity index (χ2v) is 6.29. The predicted octanol–water partition coefficient (Wildman–Crippen LogP) is 2.88. The number of hydrogen-bond donors (Lipinski definition) is 0. The van der Waals surface area contributed by atoms with Crippen molar-refractivity contribution in [2.75, 3.05) is 7.11 Å². The predicted molar refractivity (Wildman–Crippen MR) is 90.5 cm³/mol. The third-order valence-electron chi connectivity index (χ3n) is 3.94. The topological polar surface area (TPSA) is 54.0 Å². The van der Waals surface area contributed by atoms with Gasteiger partial charge in [-0.1, -0.05) is 30.3 Å². The first-order valence-corrected chi connectivity index (χ1v) is 8.13. The van der Waals surface area contributed by atoms with Crippen molar-refractivity contribution < 1.29 is 23.7 Å². The average molecular weight is 334 g/mol. The largest absolute Gasteiger partial charge is 0.375 e. The molecule has 5 nitrogen and oxygen atoms in total. The molecule has 2 rings (SSSR count). The number of allylic oxidation sites excluding steroid dienone is 1. The van der Waals surface area contributed by atoms with E-state index in [0.717, 1.165) is 11.8 Å². The summed E-state index contributed by atoms with van der Waals surface area (Å²) >= 11 is 0. The molecule has 1 fully saturated rings. The maximum atomic E-state index is 10.7. The lowest BCUT2D eigenvalue weighted by atomic mass is 10.0. The molecule has 1 aliphatic rings. The third-order valence-corrected chi connectivity index (χ3v) is 3.94. The third kappa shape index (κ3) is 4.98. The van der Waals surface area contributed by atoms with E-state index in [-0.39, 0.29) is 12.2 Å². The van der Waals surface area contributed by atoms with Crippen LogP contribution >= 0.6 is 0 Å². The van der Waals surface area contributed by atoms with E-state index in [2.05, 4.69) is 0 Å². The molecule has 0 saturated carbocycles. The average Bonchev–Trinajstić information content (AvgIpc) is 2.84. The van der Waals surface area contributed by atoms with Crippen LogP contribution in [0.4, 0.5) is 0 Å². The van der Waals surface area contributed by atoms with Crippen LogP contribution in [0.15, 0.2) is 42.5 Å². The first-order valence-electron chi connectivity index (χ1n) is 8.13. The van der Waals surface area contributed by atoms with Crippen LogP contribution in [-0.4, -0.2) is 43.6 Å². The Morgan fingerprint density at radius 3 is 2.50 bits per heavy atom. The first-order chi connectivity index (χ1) is 11.5. The van der Waals surface area contributed by atoms with Crippen molar-refractivity contribution in [1.29, 1.82) is 0 Å².